The molecule has 1 aliphatic heterocycles. The normalized spacial score (nSPS) is 15.7. The van der Waals surface area contributed by atoms with E-state index in [0.717, 1.165) is 5.56 Å². The van der Waals surface area contributed by atoms with Gasteiger partial charge in [-0.3, -0.25) is 14.5 Å². The second-order valence-corrected chi connectivity index (χ2v) is 9.11. The second kappa shape index (κ2) is 8.88. The molecule has 4 aromatic rings. The van der Waals surface area contributed by atoms with Gasteiger partial charge in [0.15, 0.2) is 5.76 Å². The van der Waals surface area contributed by atoms with Crippen molar-refractivity contribution in [1.82, 2.24) is 4.98 Å². The van der Waals surface area contributed by atoms with Crippen molar-refractivity contribution in [3.63, 3.8) is 0 Å². The Morgan fingerprint density at radius 1 is 1.06 bits per heavy atom. The van der Waals surface area contributed by atoms with E-state index in [1.54, 1.807) is 57.4 Å². The van der Waals surface area contributed by atoms with Gasteiger partial charge >= 0.3 is 0 Å². The van der Waals surface area contributed by atoms with Gasteiger partial charge in [0, 0.05) is 11.3 Å². The Hall–Kier alpha value is -4.17. The fourth-order valence-corrected chi connectivity index (χ4v) is 5.18. The lowest BCUT2D eigenvalue weighted by Crippen LogP contribution is -2.30. The standard InChI is InChI=1S/C27H22N2O5S/c1-15-9-14-20(34-15)22-21(24(31)27(32)29(22)18-10-12-19(33-3)13-11-18)23(30)25-16(2)28-26(35-25)17-7-5-4-6-8-17/h4-14,22,31H,1-3H3. The van der Waals surface area contributed by atoms with Crippen LogP contribution in [0.1, 0.15) is 32.9 Å². The number of Topliss-reactive ketones (excluding diaryl/α,β-unsaturated/α-hetero) is 1. The highest BCUT2D eigenvalue weighted by Gasteiger charge is 2.46. The first-order valence-corrected chi connectivity index (χ1v) is 11.7. The molecule has 1 unspecified atom stereocenters. The number of anilines is 1. The van der Waals surface area contributed by atoms with Crippen molar-refractivity contribution < 1.29 is 23.8 Å². The van der Waals surface area contributed by atoms with Crippen LogP contribution in [0.4, 0.5) is 5.69 Å². The maximum absolute atomic E-state index is 13.8. The number of hydrogen-bond acceptors (Lipinski definition) is 7. The number of rotatable bonds is 6. The highest BCUT2D eigenvalue weighted by atomic mass is 32.1. The number of amides is 1. The van der Waals surface area contributed by atoms with Crippen LogP contribution in [0, 0.1) is 13.8 Å². The highest BCUT2D eigenvalue weighted by Crippen LogP contribution is 2.44. The predicted octanol–water partition coefficient (Wildman–Crippen LogP) is 5.81. The van der Waals surface area contributed by atoms with Crippen LogP contribution >= 0.6 is 11.3 Å². The Bertz CT molecular complexity index is 1450. The quantitative estimate of drug-likeness (QED) is 0.346. The number of ketones is 1. The van der Waals surface area contributed by atoms with Crippen molar-refractivity contribution in [3.05, 3.63) is 100 Å². The fourth-order valence-electron chi connectivity index (χ4n) is 4.15. The van der Waals surface area contributed by atoms with Gasteiger partial charge in [0.2, 0.25) is 5.78 Å². The summed E-state index contributed by atoms with van der Waals surface area (Å²) in [6.45, 7) is 3.53. The fraction of sp³-hybridized carbons (Fsp3) is 0.148. The van der Waals surface area contributed by atoms with E-state index in [4.69, 9.17) is 9.15 Å². The maximum Gasteiger partial charge on any atom is 0.294 e. The van der Waals surface area contributed by atoms with Crippen molar-refractivity contribution >= 4 is 28.7 Å². The van der Waals surface area contributed by atoms with Crippen molar-refractivity contribution in [3.8, 4) is 16.3 Å². The number of methoxy groups -OCH3 is 1. The summed E-state index contributed by atoms with van der Waals surface area (Å²) >= 11 is 1.23. The minimum atomic E-state index is -0.932. The molecule has 0 saturated heterocycles. The average Bonchev–Trinajstić information content (AvgIpc) is 3.55. The molecule has 0 saturated carbocycles. The number of aryl methyl sites for hydroxylation is 2. The number of ether oxygens (including phenoxy) is 1. The molecule has 1 aliphatic rings. The summed E-state index contributed by atoms with van der Waals surface area (Å²) in [5, 5.41) is 11.6. The van der Waals surface area contributed by atoms with Gasteiger partial charge in [0.25, 0.3) is 5.91 Å². The first-order chi connectivity index (χ1) is 16.9. The molecule has 1 amide bonds. The second-order valence-electron chi connectivity index (χ2n) is 8.12. The molecule has 0 aliphatic carbocycles. The van der Waals surface area contributed by atoms with Crippen molar-refractivity contribution in [2.45, 2.75) is 19.9 Å². The zero-order valence-electron chi connectivity index (χ0n) is 19.3. The number of hydrogen-bond donors (Lipinski definition) is 1. The van der Waals surface area contributed by atoms with Crippen molar-refractivity contribution in [2.75, 3.05) is 12.0 Å². The lowest BCUT2D eigenvalue weighted by molar-refractivity contribution is -0.117. The van der Waals surface area contributed by atoms with Gasteiger partial charge < -0.3 is 14.3 Å². The maximum atomic E-state index is 13.8. The molecule has 5 rings (SSSR count). The Morgan fingerprint density at radius 3 is 2.40 bits per heavy atom. The predicted molar refractivity (Wildman–Crippen MR) is 133 cm³/mol. The summed E-state index contributed by atoms with van der Waals surface area (Å²) in [6.07, 6.45) is 0. The lowest BCUT2D eigenvalue weighted by Gasteiger charge is -2.25. The van der Waals surface area contributed by atoms with E-state index in [1.807, 2.05) is 30.3 Å². The van der Waals surface area contributed by atoms with Gasteiger partial charge in [-0.05, 0) is 50.2 Å². The van der Waals surface area contributed by atoms with Crippen molar-refractivity contribution in [2.24, 2.45) is 0 Å². The molecule has 1 N–H and O–H groups in total. The monoisotopic (exact) mass is 486 g/mol. The van der Waals surface area contributed by atoms with E-state index < -0.39 is 23.5 Å². The Balaban J connectivity index is 1.60. The third-order valence-electron chi connectivity index (χ3n) is 5.86. The summed E-state index contributed by atoms with van der Waals surface area (Å²) in [5.41, 5.74) is 1.88. The molecular weight excluding hydrogens is 464 g/mol. The number of nitrogens with zero attached hydrogens (tertiary/aromatic N) is 2. The van der Waals surface area contributed by atoms with E-state index in [2.05, 4.69) is 4.98 Å². The molecule has 0 radical (unpaired) electrons. The van der Waals surface area contributed by atoms with E-state index >= 15 is 0 Å². The Labute approximate surface area is 205 Å². The SMILES string of the molecule is COc1ccc(N2C(=O)C(O)=C(C(=O)c3sc(-c4ccccc4)nc3C)C2c2ccc(C)o2)cc1. The van der Waals surface area contributed by atoms with Crippen LogP contribution in [-0.4, -0.2) is 28.9 Å². The minimum Gasteiger partial charge on any atom is -0.503 e. The van der Waals surface area contributed by atoms with Gasteiger partial charge in [-0.2, -0.15) is 0 Å². The molecule has 0 fully saturated rings. The number of thiazole rings is 1. The summed E-state index contributed by atoms with van der Waals surface area (Å²) in [4.78, 5) is 33.4. The van der Waals surface area contributed by atoms with Gasteiger partial charge in [0.05, 0.1) is 23.3 Å². The van der Waals surface area contributed by atoms with Crippen LogP contribution in [-0.2, 0) is 4.79 Å². The first-order valence-electron chi connectivity index (χ1n) is 10.9. The molecule has 176 valence electrons. The van der Waals surface area contributed by atoms with E-state index in [0.29, 0.717) is 38.5 Å². The zero-order valence-corrected chi connectivity index (χ0v) is 20.1. The number of benzene rings is 2. The van der Waals surface area contributed by atoms with Crippen LogP contribution in [0.15, 0.2) is 82.5 Å². The van der Waals surface area contributed by atoms with Crippen LogP contribution in [0.2, 0.25) is 0 Å². The van der Waals surface area contributed by atoms with E-state index in [1.165, 1.54) is 16.2 Å². The molecule has 1 atom stereocenters. The minimum absolute atomic E-state index is 0.0356. The van der Waals surface area contributed by atoms with Crippen LogP contribution < -0.4 is 9.64 Å². The van der Waals surface area contributed by atoms with Crippen LogP contribution in [0.25, 0.3) is 10.6 Å². The summed E-state index contributed by atoms with van der Waals surface area (Å²) < 4.78 is 11.1. The number of aliphatic hydroxyl groups is 1. The number of furan rings is 1. The van der Waals surface area contributed by atoms with Crippen molar-refractivity contribution in [1.29, 1.82) is 0 Å². The van der Waals surface area contributed by atoms with Crippen LogP contribution in [0.3, 0.4) is 0 Å². The average molecular weight is 487 g/mol. The summed E-state index contributed by atoms with van der Waals surface area (Å²) in [5.74, 6) is -0.108. The molecule has 0 bridgehead atoms. The lowest BCUT2D eigenvalue weighted by atomic mass is 9.99. The topological polar surface area (TPSA) is 92.9 Å². The Morgan fingerprint density at radius 2 is 1.77 bits per heavy atom. The molecular formula is C27H22N2O5S. The van der Waals surface area contributed by atoms with Gasteiger partial charge in [0.1, 0.15) is 28.3 Å². The number of aliphatic hydroxyl groups excluding tert-OH is 1. The summed E-state index contributed by atoms with van der Waals surface area (Å²) in [6, 6.07) is 18.9. The van der Waals surface area contributed by atoms with Gasteiger partial charge in [-0.25, -0.2) is 4.98 Å². The van der Waals surface area contributed by atoms with Crippen LogP contribution in [0.5, 0.6) is 5.75 Å². The molecule has 2 aromatic carbocycles. The molecule has 3 heterocycles. The molecule has 8 heteroatoms. The molecule has 0 spiro atoms. The number of carbonyl (C=O) groups is 2. The molecule has 7 nitrogen and oxygen atoms in total. The smallest absolute Gasteiger partial charge is 0.294 e. The molecule has 2 aromatic heterocycles. The largest absolute Gasteiger partial charge is 0.503 e. The van der Waals surface area contributed by atoms with E-state index in [9.17, 15) is 14.7 Å². The summed E-state index contributed by atoms with van der Waals surface area (Å²) in [7, 11) is 1.55. The van der Waals surface area contributed by atoms with Gasteiger partial charge in [-0.15, -0.1) is 11.3 Å². The third-order valence-corrected chi connectivity index (χ3v) is 7.06. The number of aromatic nitrogens is 1. The van der Waals surface area contributed by atoms with E-state index in [-0.39, 0.29) is 5.57 Å². The first kappa shape index (κ1) is 22.6. The van der Waals surface area contributed by atoms with Gasteiger partial charge in [-0.1, -0.05) is 30.3 Å². The zero-order chi connectivity index (χ0) is 24.7. The Kier molecular flexibility index (Phi) is 5.74. The number of carbonyl (C=O) groups excluding carboxylic acids is 2. The highest BCUT2D eigenvalue weighted by molar-refractivity contribution is 7.17. The third kappa shape index (κ3) is 3.91. The molecule has 35 heavy (non-hydrogen) atoms.